The van der Waals surface area contributed by atoms with Crippen LogP contribution >= 0.6 is 0 Å². The summed E-state index contributed by atoms with van der Waals surface area (Å²) < 4.78 is 5.23. The van der Waals surface area contributed by atoms with Gasteiger partial charge in [0.1, 0.15) is 0 Å². The largest absolute Gasteiger partial charge is 0.461 e. The van der Waals surface area contributed by atoms with Crippen LogP contribution in [0.25, 0.3) is 10.9 Å². The third-order valence-corrected chi connectivity index (χ3v) is 7.01. The fourth-order valence-electron chi connectivity index (χ4n) is 5.71. The summed E-state index contributed by atoms with van der Waals surface area (Å²) in [4.78, 5) is 24.9. The van der Waals surface area contributed by atoms with Gasteiger partial charge in [0, 0.05) is 35.8 Å². The molecule has 1 saturated heterocycles. The fourth-order valence-corrected chi connectivity index (χ4v) is 5.71. The summed E-state index contributed by atoms with van der Waals surface area (Å²) in [7, 11) is 0. The quantitative estimate of drug-likeness (QED) is 0.823. The van der Waals surface area contributed by atoms with Gasteiger partial charge in [0.25, 0.3) is 0 Å². The second-order valence-electron chi connectivity index (χ2n) is 8.17. The molecule has 28 heavy (non-hydrogen) atoms. The predicted molar refractivity (Wildman–Crippen MR) is 107 cm³/mol. The Morgan fingerprint density at radius 1 is 1.32 bits per heavy atom. The molecule has 1 aromatic carbocycles. The topological polar surface area (TPSA) is 66.9 Å². The second kappa shape index (κ2) is 6.34. The number of carbonyl (C=O) groups excluding carboxylic acids is 1. The Morgan fingerprint density at radius 2 is 2.18 bits per heavy atom. The number of nitrogens with zero attached hydrogens (tertiary/aromatic N) is 2. The van der Waals surface area contributed by atoms with Crippen molar-refractivity contribution in [1.82, 2.24) is 9.88 Å². The van der Waals surface area contributed by atoms with E-state index in [4.69, 9.17) is 9.57 Å². The first-order valence-corrected chi connectivity index (χ1v) is 10.4. The Labute approximate surface area is 164 Å². The first-order chi connectivity index (χ1) is 13.6. The zero-order chi connectivity index (χ0) is 19.4. The van der Waals surface area contributed by atoms with Crippen LogP contribution in [0.3, 0.4) is 0 Å². The molecule has 1 N–H and O–H groups in total. The first kappa shape index (κ1) is 17.7. The number of esters is 1. The maximum absolute atomic E-state index is 12.4. The van der Waals surface area contributed by atoms with E-state index in [2.05, 4.69) is 46.2 Å². The Balaban J connectivity index is 1.71. The lowest BCUT2D eigenvalue weighted by Crippen LogP contribution is -2.66. The number of benzene rings is 1. The van der Waals surface area contributed by atoms with Gasteiger partial charge in [-0.05, 0) is 44.2 Å². The summed E-state index contributed by atoms with van der Waals surface area (Å²) in [6, 6.07) is 8.46. The molecule has 148 valence electrons. The summed E-state index contributed by atoms with van der Waals surface area (Å²) in [6.45, 7) is 6.31. The van der Waals surface area contributed by atoms with E-state index in [1.54, 1.807) is 0 Å². The summed E-state index contributed by atoms with van der Waals surface area (Å²) in [6.07, 6.45) is 4.61. The number of oxime groups is 1. The Bertz CT molecular complexity index is 965. The normalized spacial score (nSPS) is 29.3. The molecule has 1 fully saturated rings. The number of nitrogens with one attached hydrogen (secondary N) is 1. The monoisotopic (exact) mass is 381 g/mol. The van der Waals surface area contributed by atoms with Gasteiger partial charge in [0.15, 0.2) is 5.71 Å². The fraction of sp³-hybridized carbons (Fsp3) is 0.545. The van der Waals surface area contributed by atoms with Crippen molar-refractivity contribution in [1.29, 1.82) is 0 Å². The van der Waals surface area contributed by atoms with Crippen molar-refractivity contribution in [3.63, 3.8) is 0 Å². The summed E-state index contributed by atoms with van der Waals surface area (Å²) in [5.41, 5.74) is 3.19. The average Bonchev–Trinajstić information content (AvgIpc) is 3.12. The van der Waals surface area contributed by atoms with E-state index in [1.807, 2.05) is 6.92 Å². The molecule has 0 aliphatic carbocycles. The van der Waals surface area contributed by atoms with E-state index < -0.39 is 5.72 Å². The molecule has 5 rings (SSSR count). The van der Waals surface area contributed by atoms with Gasteiger partial charge >= 0.3 is 5.97 Å². The van der Waals surface area contributed by atoms with E-state index in [-0.39, 0.29) is 11.4 Å². The minimum absolute atomic E-state index is 0.203. The van der Waals surface area contributed by atoms with Crippen molar-refractivity contribution in [2.24, 2.45) is 10.6 Å². The van der Waals surface area contributed by atoms with Crippen molar-refractivity contribution in [3.8, 4) is 0 Å². The number of ether oxygens (including phenoxy) is 1. The van der Waals surface area contributed by atoms with Crippen LogP contribution in [0.5, 0.6) is 0 Å². The van der Waals surface area contributed by atoms with Crippen LogP contribution in [-0.2, 0) is 26.5 Å². The molecule has 6 heteroatoms. The minimum atomic E-state index is -0.636. The van der Waals surface area contributed by atoms with Crippen LogP contribution in [0.4, 0.5) is 0 Å². The van der Waals surface area contributed by atoms with Crippen LogP contribution in [0.1, 0.15) is 50.8 Å². The Morgan fingerprint density at radius 3 is 3.00 bits per heavy atom. The van der Waals surface area contributed by atoms with Gasteiger partial charge in [-0.3, -0.25) is 4.90 Å². The van der Waals surface area contributed by atoms with E-state index in [1.165, 1.54) is 10.9 Å². The molecular formula is C22H27N3O3. The third-order valence-electron chi connectivity index (χ3n) is 7.01. The highest BCUT2D eigenvalue weighted by Crippen LogP contribution is 2.60. The van der Waals surface area contributed by atoms with E-state index in [9.17, 15) is 4.79 Å². The number of carbonyl (C=O) groups is 1. The second-order valence-corrected chi connectivity index (χ2v) is 8.17. The molecule has 0 radical (unpaired) electrons. The standard InChI is InChI=1S/C22H27N3O3/c1-3-21-11-7-12-25-13-10-16-15-8-5-6-9-17(15)23-19(16)22(21,25)28-24-18(14-21)20(26)27-4-2/h5-6,8-9,23H,3-4,7,10-14H2,1-2H3/t21-,22?/m0/s1. The van der Waals surface area contributed by atoms with Crippen molar-refractivity contribution in [2.75, 3.05) is 19.7 Å². The molecule has 1 aromatic heterocycles. The predicted octanol–water partition coefficient (Wildman–Crippen LogP) is 3.71. The molecule has 3 aliphatic rings. The lowest BCUT2D eigenvalue weighted by atomic mass is 9.62. The van der Waals surface area contributed by atoms with Crippen molar-refractivity contribution in [3.05, 3.63) is 35.5 Å². The number of piperidine rings is 1. The number of aromatic nitrogens is 1. The van der Waals surface area contributed by atoms with E-state index >= 15 is 0 Å². The third kappa shape index (κ3) is 2.18. The van der Waals surface area contributed by atoms with Crippen LogP contribution < -0.4 is 0 Å². The zero-order valence-corrected chi connectivity index (χ0v) is 16.6. The van der Waals surface area contributed by atoms with Gasteiger partial charge < -0.3 is 14.6 Å². The summed E-state index contributed by atoms with van der Waals surface area (Å²) in [5.74, 6) is -0.352. The molecule has 2 atom stereocenters. The lowest BCUT2D eigenvalue weighted by molar-refractivity contribution is -0.274. The van der Waals surface area contributed by atoms with Gasteiger partial charge in [-0.1, -0.05) is 30.3 Å². The zero-order valence-electron chi connectivity index (χ0n) is 16.6. The number of hydrogen-bond acceptors (Lipinski definition) is 5. The molecule has 3 aliphatic heterocycles. The molecule has 4 heterocycles. The van der Waals surface area contributed by atoms with Crippen LogP contribution in [0, 0.1) is 5.41 Å². The smallest absolute Gasteiger partial charge is 0.356 e. The molecule has 6 nitrogen and oxygen atoms in total. The SMILES string of the molecule is CCOC(=O)C1=NOC23c4[nH]c5ccccc5c4CCN2CCC[C@@]3(CC)C1. The number of hydrogen-bond donors (Lipinski definition) is 1. The highest BCUT2D eigenvalue weighted by atomic mass is 16.7. The lowest BCUT2D eigenvalue weighted by Gasteiger charge is -2.59. The van der Waals surface area contributed by atoms with Crippen LogP contribution in [-0.4, -0.2) is 41.3 Å². The molecule has 1 unspecified atom stereocenters. The molecule has 2 aromatic rings. The highest BCUT2D eigenvalue weighted by Gasteiger charge is 2.65. The Kier molecular flexibility index (Phi) is 4.02. The Hall–Kier alpha value is -2.34. The van der Waals surface area contributed by atoms with E-state index in [0.717, 1.165) is 50.0 Å². The minimum Gasteiger partial charge on any atom is -0.461 e. The van der Waals surface area contributed by atoms with Gasteiger partial charge in [-0.15, -0.1) is 0 Å². The maximum Gasteiger partial charge on any atom is 0.356 e. The number of H-pyrrole nitrogens is 1. The van der Waals surface area contributed by atoms with Crippen molar-refractivity contribution in [2.45, 2.75) is 51.7 Å². The molecule has 1 spiro atoms. The van der Waals surface area contributed by atoms with E-state index in [0.29, 0.717) is 18.7 Å². The molecule has 0 amide bonds. The van der Waals surface area contributed by atoms with Crippen molar-refractivity contribution >= 4 is 22.6 Å². The highest BCUT2D eigenvalue weighted by molar-refractivity contribution is 6.36. The van der Waals surface area contributed by atoms with Gasteiger partial charge in [0.05, 0.1) is 12.3 Å². The first-order valence-electron chi connectivity index (χ1n) is 10.4. The van der Waals surface area contributed by atoms with Crippen molar-refractivity contribution < 1.29 is 14.4 Å². The number of fused-ring (bicyclic) bond motifs is 3. The van der Waals surface area contributed by atoms with Gasteiger partial charge in [-0.25, -0.2) is 4.79 Å². The number of aromatic amines is 1. The number of rotatable bonds is 3. The number of para-hydroxylation sites is 1. The summed E-state index contributed by atoms with van der Waals surface area (Å²) >= 11 is 0. The average molecular weight is 381 g/mol. The van der Waals surface area contributed by atoms with Gasteiger partial charge in [0.2, 0.25) is 5.72 Å². The molecule has 0 saturated carbocycles. The van der Waals surface area contributed by atoms with Gasteiger partial charge in [-0.2, -0.15) is 0 Å². The summed E-state index contributed by atoms with van der Waals surface area (Å²) in [5, 5.41) is 5.62. The molecule has 0 bridgehead atoms. The van der Waals surface area contributed by atoms with Crippen LogP contribution in [0.2, 0.25) is 0 Å². The maximum atomic E-state index is 12.4. The molecular weight excluding hydrogens is 354 g/mol. The van der Waals surface area contributed by atoms with Crippen LogP contribution in [0.15, 0.2) is 29.4 Å².